The number of sulfonamides is 1. The highest BCUT2D eigenvalue weighted by Crippen LogP contribution is 2.35. The minimum Gasteiger partial charge on any atom is -0.494 e. The summed E-state index contributed by atoms with van der Waals surface area (Å²) in [7, 11) is -2.51. The molecule has 0 atom stereocenters. The molecule has 1 aromatic heterocycles. The average molecular weight is 434 g/mol. The fourth-order valence-corrected chi connectivity index (χ4v) is 3.29. The largest absolute Gasteiger partial charge is 0.494 e. The van der Waals surface area contributed by atoms with Crippen molar-refractivity contribution in [3.63, 3.8) is 0 Å². The number of nitrogens with zero attached hydrogens (tertiary/aromatic N) is 1. The molecule has 158 valence electrons. The van der Waals surface area contributed by atoms with Crippen LogP contribution in [-0.2, 0) is 26.0 Å². The first kappa shape index (κ1) is 21.5. The Morgan fingerprint density at radius 3 is 2.40 bits per heavy atom. The number of carbonyl (C=O) groups excluding carboxylic acids is 1. The highest BCUT2D eigenvalue weighted by atomic mass is 32.2. The van der Waals surface area contributed by atoms with Crippen LogP contribution in [0.5, 0.6) is 5.75 Å². The van der Waals surface area contributed by atoms with E-state index in [0.717, 1.165) is 0 Å². The molecule has 3 rings (SSSR count). The Kier molecular flexibility index (Phi) is 6.18. The van der Waals surface area contributed by atoms with Gasteiger partial charge in [-0.2, -0.15) is 0 Å². The molecule has 2 N–H and O–H groups in total. The quantitative estimate of drug-likeness (QED) is 0.567. The Morgan fingerprint density at radius 2 is 1.83 bits per heavy atom. The molecule has 0 aliphatic rings. The van der Waals surface area contributed by atoms with Gasteiger partial charge >= 0.3 is 5.97 Å². The van der Waals surface area contributed by atoms with Gasteiger partial charge in [0.2, 0.25) is 15.9 Å². The van der Waals surface area contributed by atoms with Gasteiger partial charge in [0.25, 0.3) is 0 Å². The molecule has 0 unspecified atom stereocenters. The van der Waals surface area contributed by atoms with Gasteiger partial charge in [0.1, 0.15) is 12.1 Å². The molecule has 10 heteroatoms. The van der Waals surface area contributed by atoms with Crippen LogP contribution in [-0.4, -0.2) is 33.1 Å². The molecule has 0 spiro atoms. The summed E-state index contributed by atoms with van der Waals surface area (Å²) in [5, 5.41) is 5.13. The zero-order valence-corrected chi connectivity index (χ0v) is 17.0. The fourth-order valence-electron chi connectivity index (χ4n) is 2.78. The van der Waals surface area contributed by atoms with Gasteiger partial charge in [0, 0.05) is 11.1 Å². The second kappa shape index (κ2) is 8.64. The molecule has 3 aromatic rings. The summed E-state index contributed by atoms with van der Waals surface area (Å²) in [6, 6.07) is 9.87. The Bertz CT molecular complexity index is 1170. The van der Waals surface area contributed by atoms with E-state index in [1.54, 1.807) is 13.0 Å². The van der Waals surface area contributed by atoms with Crippen molar-refractivity contribution in [1.29, 1.82) is 0 Å². The van der Waals surface area contributed by atoms with Crippen molar-refractivity contribution < 1.29 is 31.5 Å². The Labute approximate surface area is 172 Å². The molecule has 0 aliphatic carbocycles. The highest BCUT2D eigenvalue weighted by molar-refractivity contribution is 7.89. The number of methoxy groups -OCH3 is 1. The lowest BCUT2D eigenvalue weighted by Crippen LogP contribution is -2.11. The molecule has 8 nitrogen and oxygen atoms in total. The van der Waals surface area contributed by atoms with Crippen LogP contribution in [0.4, 0.5) is 4.39 Å². The molecule has 30 heavy (non-hydrogen) atoms. The number of halogens is 1. The van der Waals surface area contributed by atoms with E-state index in [0.29, 0.717) is 16.8 Å². The number of hydrogen-bond acceptors (Lipinski definition) is 7. The Balaban J connectivity index is 2.09. The lowest BCUT2D eigenvalue weighted by molar-refractivity contribution is -0.142. The molecular weight excluding hydrogens is 415 g/mol. The standard InChI is InChI=1S/C20H19FN2O6S/c1-3-28-18(24)11-17-23-19(12-4-7-14(8-5-12)30(22,25)26)20(29-17)13-6-9-16(27-2)15(21)10-13/h4-10H,3,11H2,1-2H3,(H2,22,25,26). The van der Waals surface area contributed by atoms with Crippen molar-refractivity contribution in [3.8, 4) is 28.3 Å². The number of hydrogen-bond donors (Lipinski definition) is 1. The summed E-state index contributed by atoms with van der Waals surface area (Å²) < 4.78 is 52.8. The Hall–Kier alpha value is -3.24. The SMILES string of the molecule is CCOC(=O)Cc1nc(-c2ccc(S(N)(=O)=O)cc2)c(-c2ccc(OC)c(F)c2)o1. The second-order valence-electron chi connectivity index (χ2n) is 6.19. The van der Waals surface area contributed by atoms with Crippen LogP contribution in [0.15, 0.2) is 51.8 Å². The van der Waals surface area contributed by atoms with E-state index in [2.05, 4.69) is 4.98 Å². The van der Waals surface area contributed by atoms with Crippen LogP contribution in [0.2, 0.25) is 0 Å². The van der Waals surface area contributed by atoms with E-state index in [-0.39, 0.29) is 35.3 Å². The third kappa shape index (κ3) is 4.66. The van der Waals surface area contributed by atoms with Crippen molar-refractivity contribution in [2.75, 3.05) is 13.7 Å². The number of aromatic nitrogens is 1. The second-order valence-corrected chi connectivity index (χ2v) is 7.75. The smallest absolute Gasteiger partial charge is 0.315 e. The van der Waals surface area contributed by atoms with Gasteiger partial charge in [-0.15, -0.1) is 0 Å². The minimum atomic E-state index is -3.86. The molecule has 0 saturated carbocycles. The van der Waals surface area contributed by atoms with Crippen LogP contribution in [0.1, 0.15) is 12.8 Å². The van der Waals surface area contributed by atoms with E-state index >= 15 is 0 Å². The lowest BCUT2D eigenvalue weighted by Gasteiger charge is -2.05. The molecular formula is C20H19FN2O6S. The van der Waals surface area contributed by atoms with Crippen molar-refractivity contribution >= 4 is 16.0 Å². The number of oxazole rings is 1. The summed E-state index contributed by atoms with van der Waals surface area (Å²) >= 11 is 0. The molecule has 0 saturated heterocycles. The van der Waals surface area contributed by atoms with Crippen molar-refractivity contribution in [3.05, 3.63) is 54.2 Å². The van der Waals surface area contributed by atoms with Crippen molar-refractivity contribution in [2.45, 2.75) is 18.2 Å². The summed E-state index contributed by atoms with van der Waals surface area (Å²) in [6.45, 7) is 1.88. The number of ether oxygens (including phenoxy) is 2. The summed E-state index contributed by atoms with van der Waals surface area (Å²) in [4.78, 5) is 16.1. The Morgan fingerprint density at radius 1 is 1.17 bits per heavy atom. The number of carbonyl (C=O) groups is 1. The number of rotatable bonds is 7. The monoisotopic (exact) mass is 434 g/mol. The zero-order chi connectivity index (χ0) is 21.9. The van der Waals surface area contributed by atoms with E-state index in [1.165, 1.54) is 43.5 Å². The third-order valence-electron chi connectivity index (χ3n) is 4.14. The molecule has 2 aromatic carbocycles. The summed E-state index contributed by atoms with van der Waals surface area (Å²) in [5.41, 5.74) is 1.16. The molecule has 0 fully saturated rings. The maximum absolute atomic E-state index is 14.2. The molecule has 1 heterocycles. The van der Waals surface area contributed by atoms with E-state index in [4.69, 9.17) is 19.0 Å². The van der Waals surface area contributed by atoms with E-state index in [1.807, 2.05) is 0 Å². The summed E-state index contributed by atoms with van der Waals surface area (Å²) in [5.74, 6) is -0.787. The number of benzene rings is 2. The summed E-state index contributed by atoms with van der Waals surface area (Å²) in [6.07, 6.45) is -0.214. The third-order valence-corrected chi connectivity index (χ3v) is 5.07. The van der Waals surface area contributed by atoms with Crippen LogP contribution >= 0.6 is 0 Å². The first-order valence-electron chi connectivity index (χ1n) is 8.85. The van der Waals surface area contributed by atoms with Crippen LogP contribution in [0.3, 0.4) is 0 Å². The number of nitrogens with two attached hydrogens (primary N) is 1. The van der Waals surface area contributed by atoms with Gasteiger partial charge in [0.05, 0.1) is 18.6 Å². The van der Waals surface area contributed by atoms with Crippen molar-refractivity contribution in [1.82, 2.24) is 4.98 Å². The predicted octanol–water partition coefficient (Wildman–Crippen LogP) is 2.91. The fraction of sp³-hybridized carbons (Fsp3) is 0.200. The molecule has 0 radical (unpaired) electrons. The predicted molar refractivity (Wildman–Crippen MR) is 106 cm³/mol. The number of esters is 1. The molecule has 0 aliphatic heterocycles. The minimum absolute atomic E-state index is 0.0593. The van der Waals surface area contributed by atoms with Gasteiger partial charge < -0.3 is 13.9 Å². The topological polar surface area (TPSA) is 122 Å². The van der Waals surface area contributed by atoms with Crippen LogP contribution in [0, 0.1) is 5.82 Å². The zero-order valence-electron chi connectivity index (χ0n) is 16.2. The molecule has 0 amide bonds. The maximum atomic E-state index is 14.2. The molecule has 0 bridgehead atoms. The first-order valence-corrected chi connectivity index (χ1v) is 10.4. The van der Waals surface area contributed by atoms with Gasteiger partial charge in [-0.05, 0) is 37.3 Å². The van der Waals surface area contributed by atoms with Crippen LogP contribution in [0.25, 0.3) is 22.6 Å². The normalized spacial score (nSPS) is 11.3. The van der Waals surface area contributed by atoms with Gasteiger partial charge in [-0.25, -0.2) is 22.9 Å². The number of primary sulfonamides is 1. The van der Waals surface area contributed by atoms with Gasteiger partial charge in [-0.3, -0.25) is 4.79 Å². The van der Waals surface area contributed by atoms with Gasteiger partial charge in [0.15, 0.2) is 17.3 Å². The van der Waals surface area contributed by atoms with Crippen LogP contribution < -0.4 is 9.88 Å². The van der Waals surface area contributed by atoms with E-state index in [9.17, 15) is 17.6 Å². The van der Waals surface area contributed by atoms with E-state index < -0.39 is 21.8 Å². The lowest BCUT2D eigenvalue weighted by atomic mass is 10.1. The highest BCUT2D eigenvalue weighted by Gasteiger charge is 2.21. The average Bonchev–Trinajstić information content (AvgIpc) is 3.11. The van der Waals surface area contributed by atoms with Gasteiger partial charge in [-0.1, -0.05) is 12.1 Å². The van der Waals surface area contributed by atoms with Crippen molar-refractivity contribution in [2.24, 2.45) is 5.14 Å². The first-order chi connectivity index (χ1) is 14.2. The maximum Gasteiger partial charge on any atom is 0.315 e.